The number of aromatic nitrogens is 4. The van der Waals surface area contributed by atoms with E-state index in [1.165, 1.54) is 10.4 Å². The van der Waals surface area contributed by atoms with Crippen molar-refractivity contribution in [2.24, 2.45) is 0 Å². The monoisotopic (exact) mass is 361 g/mol. The zero-order valence-corrected chi connectivity index (χ0v) is 15.3. The maximum Gasteiger partial charge on any atom is 0.183 e. The van der Waals surface area contributed by atoms with Crippen LogP contribution in [0.4, 0.5) is 5.82 Å². The van der Waals surface area contributed by atoms with E-state index >= 15 is 0 Å². The standard InChI is InChI=1S/C20H19N5S/c1-2-15-12-16-18(23-9-8-14-6-4-3-5-7-14)24-19(25-20(16)26-15)17-13-21-10-11-22-17/h3-7,10-13H,2,8-9H2,1H3,(H,23,24,25). The van der Waals surface area contributed by atoms with Crippen molar-refractivity contribution in [3.8, 4) is 11.5 Å². The van der Waals surface area contributed by atoms with Crippen molar-refractivity contribution < 1.29 is 0 Å². The van der Waals surface area contributed by atoms with Gasteiger partial charge in [0.25, 0.3) is 0 Å². The molecule has 0 atom stereocenters. The molecule has 0 unspecified atom stereocenters. The fourth-order valence-electron chi connectivity index (χ4n) is 2.78. The van der Waals surface area contributed by atoms with Crippen molar-refractivity contribution in [2.45, 2.75) is 19.8 Å². The lowest BCUT2D eigenvalue weighted by Crippen LogP contribution is -2.07. The molecule has 1 aromatic carbocycles. The van der Waals surface area contributed by atoms with Crippen LogP contribution in [0.25, 0.3) is 21.7 Å². The molecule has 0 amide bonds. The topological polar surface area (TPSA) is 63.6 Å². The number of aryl methyl sites for hydroxylation is 1. The molecule has 5 nitrogen and oxygen atoms in total. The summed E-state index contributed by atoms with van der Waals surface area (Å²) < 4.78 is 0. The minimum atomic E-state index is 0.609. The zero-order valence-electron chi connectivity index (χ0n) is 14.5. The normalized spacial score (nSPS) is 11.0. The summed E-state index contributed by atoms with van der Waals surface area (Å²) >= 11 is 1.71. The summed E-state index contributed by atoms with van der Waals surface area (Å²) in [5.74, 6) is 1.47. The third kappa shape index (κ3) is 3.55. The highest BCUT2D eigenvalue weighted by Crippen LogP contribution is 2.31. The van der Waals surface area contributed by atoms with Crippen molar-refractivity contribution in [1.82, 2.24) is 19.9 Å². The Morgan fingerprint density at radius 3 is 2.73 bits per heavy atom. The van der Waals surface area contributed by atoms with Gasteiger partial charge in [0.1, 0.15) is 16.3 Å². The number of benzene rings is 1. The molecule has 0 radical (unpaired) electrons. The number of nitrogens with zero attached hydrogens (tertiary/aromatic N) is 4. The van der Waals surface area contributed by atoms with Gasteiger partial charge in [0.2, 0.25) is 0 Å². The summed E-state index contributed by atoms with van der Waals surface area (Å²) in [5.41, 5.74) is 1.99. The van der Waals surface area contributed by atoms with E-state index in [1.54, 1.807) is 29.9 Å². The van der Waals surface area contributed by atoms with Crippen molar-refractivity contribution in [2.75, 3.05) is 11.9 Å². The Morgan fingerprint density at radius 2 is 1.96 bits per heavy atom. The molecule has 0 saturated heterocycles. The van der Waals surface area contributed by atoms with Gasteiger partial charge in [0.15, 0.2) is 5.82 Å². The molecule has 130 valence electrons. The third-order valence-electron chi connectivity index (χ3n) is 4.13. The number of nitrogens with one attached hydrogen (secondary N) is 1. The molecule has 0 aliphatic rings. The largest absolute Gasteiger partial charge is 0.369 e. The lowest BCUT2D eigenvalue weighted by molar-refractivity contribution is 1.01. The van der Waals surface area contributed by atoms with Gasteiger partial charge < -0.3 is 5.32 Å². The minimum Gasteiger partial charge on any atom is -0.369 e. The average Bonchev–Trinajstić information content (AvgIpc) is 3.13. The molecular weight excluding hydrogens is 342 g/mol. The number of hydrogen-bond acceptors (Lipinski definition) is 6. The maximum absolute atomic E-state index is 4.73. The molecular formula is C20H19N5S. The number of hydrogen-bond donors (Lipinski definition) is 1. The first-order chi connectivity index (χ1) is 12.8. The van der Waals surface area contributed by atoms with Gasteiger partial charge in [-0.05, 0) is 24.5 Å². The van der Waals surface area contributed by atoms with Crippen LogP contribution < -0.4 is 5.32 Å². The summed E-state index contributed by atoms with van der Waals surface area (Å²) in [6.45, 7) is 2.97. The predicted molar refractivity (Wildman–Crippen MR) is 106 cm³/mol. The second kappa shape index (κ2) is 7.58. The first kappa shape index (κ1) is 16.6. The lowest BCUT2D eigenvalue weighted by atomic mass is 10.1. The molecule has 4 rings (SSSR count). The van der Waals surface area contributed by atoms with E-state index in [9.17, 15) is 0 Å². The molecule has 26 heavy (non-hydrogen) atoms. The average molecular weight is 361 g/mol. The number of rotatable bonds is 6. The second-order valence-corrected chi connectivity index (χ2v) is 7.05. The van der Waals surface area contributed by atoms with E-state index in [0.29, 0.717) is 11.5 Å². The Bertz CT molecular complexity index is 999. The van der Waals surface area contributed by atoms with Crippen molar-refractivity contribution in [1.29, 1.82) is 0 Å². The molecule has 0 bridgehead atoms. The second-order valence-electron chi connectivity index (χ2n) is 5.93. The number of anilines is 1. The maximum atomic E-state index is 4.73. The molecule has 0 fully saturated rings. The smallest absolute Gasteiger partial charge is 0.183 e. The van der Waals surface area contributed by atoms with Crippen molar-refractivity contribution in [3.63, 3.8) is 0 Å². The van der Waals surface area contributed by atoms with E-state index in [0.717, 1.165) is 35.4 Å². The molecule has 1 N–H and O–H groups in total. The SMILES string of the molecule is CCc1cc2c(NCCc3ccccc3)nc(-c3cnccn3)nc2s1. The lowest BCUT2D eigenvalue weighted by Gasteiger charge is -2.08. The minimum absolute atomic E-state index is 0.609. The van der Waals surface area contributed by atoms with Gasteiger partial charge in [0.05, 0.1) is 11.6 Å². The Kier molecular flexibility index (Phi) is 4.84. The fourth-order valence-corrected chi connectivity index (χ4v) is 3.75. The van der Waals surface area contributed by atoms with Gasteiger partial charge in [-0.15, -0.1) is 11.3 Å². The molecule has 3 aromatic heterocycles. The van der Waals surface area contributed by atoms with Crippen LogP contribution in [-0.2, 0) is 12.8 Å². The van der Waals surface area contributed by atoms with Crippen LogP contribution in [0.1, 0.15) is 17.4 Å². The van der Waals surface area contributed by atoms with E-state index in [1.807, 2.05) is 6.07 Å². The van der Waals surface area contributed by atoms with E-state index in [4.69, 9.17) is 9.97 Å². The van der Waals surface area contributed by atoms with E-state index < -0.39 is 0 Å². The van der Waals surface area contributed by atoms with Crippen molar-refractivity contribution >= 4 is 27.4 Å². The summed E-state index contributed by atoms with van der Waals surface area (Å²) in [6.07, 6.45) is 6.95. The van der Waals surface area contributed by atoms with Gasteiger partial charge in [0, 0.05) is 23.8 Å². The highest BCUT2D eigenvalue weighted by molar-refractivity contribution is 7.18. The molecule has 4 aromatic rings. The van der Waals surface area contributed by atoms with Gasteiger partial charge in [-0.1, -0.05) is 37.3 Å². The van der Waals surface area contributed by atoms with Gasteiger partial charge >= 0.3 is 0 Å². The van der Waals surface area contributed by atoms with Gasteiger partial charge in [-0.3, -0.25) is 4.98 Å². The molecule has 0 spiro atoms. The summed E-state index contributed by atoms with van der Waals surface area (Å²) in [7, 11) is 0. The molecule has 0 saturated carbocycles. The van der Waals surface area contributed by atoms with E-state index in [2.05, 4.69) is 52.5 Å². The molecule has 6 heteroatoms. The molecule has 0 aliphatic heterocycles. The highest BCUT2D eigenvalue weighted by Gasteiger charge is 2.13. The first-order valence-electron chi connectivity index (χ1n) is 8.68. The van der Waals surface area contributed by atoms with Crippen LogP contribution in [0.2, 0.25) is 0 Å². The summed E-state index contributed by atoms with van der Waals surface area (Å²) in [5, 5.41) is 4.57. The van der Waals surface area contributed by atoms with Crippen molar-refractivity contribution in [3.05, 3.63) is 65.4 Å². The molecule has 3 heterocycles. The Hall–Kier alpha value is -2.86. The zero-order chi connectivity index (χ0) is 17.8. The summed E-state index contributed by atoms with van der Waals surface area (Å²) in [6, 6.07) is 12.6. The Morgan fingerprint density at radius 1 is 1.08 bits per heavy atom. The highest BCUT2D eigenvalue weighted by atomic mass is 32.1. The third-order valence-corrected chi connectivity index (χ3v) is 5.31. The van der Waals surface area contributed by atoms with E-state index in [-0.39, 0.29) is 0 Å². The van der Waals surface area contributed by atoms with Crippen LogP contribution in [0, 0.1) is 0 Å². The fraction of sp³-hybridized carbons (Fsp3) is 0.200. The van der Waals surface area contributed by atoms with Crippen LogP contribution in [-0.4, -0.2) is 26.5 Å². The predicted octanol–water partition coefficient (Wildman–Crippen LogP) is 4.37. The first-order valence-corrected chi connectivity index (χ1v) is 9.50. The quantitative estimate of drug-likeness (QED) is 0.553. The number of fused-ring (bicyclic) bond motifs is 1. The van der Waals surface area contributed by atoms with Crippen LogP contribution in [0.5, 0.6) is 0 Å². The summed E-state index contributed by atoms with van der Waals surface area (Å²) in [4.78, 5) is 20.2. The van der Waals surface area contributed by atoms with Crippen LogP contribution in [0.15, 0.2) is 55.0 Å². The van der Waals surface area contributed by atoms with Gasteiger partial charge in [-0.2, -0.15) is 0 Å². The van der Waals surface area contributed by atoms with Gasteiger partial charge in [-0.25, -0.2) is 15.0 Å². The Balaban J connectivity index is 1.65. The van der Waals surface area contributed by atoms with Crippen LogP contribution >= 0.6 is 11.3 Å². The number of thiophene rings is 1. The molecule has 0 aliphatic carbocycles. The van der Waals surface area contributed by atoms with Crippen LogP contribution in [0.3, 0.4) is 0 Å². The Labute approximate surface area is 156 Å².